The fourth-order valence-corrected chi connectivity index (χ4v) is 6.78. The van der Waals surface area contributed by atoms with Crippen molar-refractivity contribution < 1.29 is 46.8 Å². The van der Waals surface area contributed by atoms with Crippen molar-refractivity contribution in [3.05, 3.63) is 77.9 Å². The molecule has 222 valence electrons. The van der Waals surface area contributed by atoms with Crippen molar-refractivity contribution in [3.63, 3.8) is 0 Å². The molecule has 0 unspecified atom stereocenters. The van der Waals surface area contributed by atoms with Crippen LogP contribution in [0.3, 0.4) is 0 Å². The summed E-state index contributed by atoms with van der Waals surface area (Å²) in [5.41, 5.74) is -0.716. The first kappa shape index (κ1) is 29.3. The molecule has 0 atom stereocenters. The number of ether oxygens (including phenoxy) is 5. The second kappa shape index (κ2) is 11.2. The zero-order valence-corrected chi connectivity index (χ0v) is 24.6. The number of methoxy groups -OCH3 is 5. The van der Waals surface area contributed by atoms with Gasteiger partial charge in [-0.05, 0) is 35.9 Å². The summed E-state index contributed by atoms with van der Waals surface area (Å²) in [5, 5.41) is 12.0. The van der Waals surface area contributed by atoms with Crippen molar-refractivity contribution in [1.82, 2.24) is 3.97 Å². The van der Waals surface area contributed by atoms with Crippen LogP contribution in [0.4, 0.5) is 0 Å². The van der Waals surface area contributed by atoms with E-state index in [1.54, 1.807) is 42.5 Å². The first-order valence-electron chi connectivity index (χ1n) is 12.8. The smallest absolute Gasteiger partial charge is 0.342 e. The van der Waals surface area contributed by atoms with Crippen molar-refractivity contribution >= 4 is 43.8 Å². The number of rotatable bonds is 8. The van der Waals surface area contributed by atoms with E-state index in [2.05, 4.69) is 0 Å². The number of phenols is 1. The molecular formula is C31H27NO10S. The Morgan fingerprint density at radius 1 is 0.744 bits per heavy atom. The van der Waals surface area contributed by atoms with Gasteiger partial charge in [0.05, 0.1) is 62.4 Å². The van der Waals surface area contributed by atoms with E-state index in [9.17, 15) is 23.1 Å². The highest BCUT2D eigenvalue weighted by atomic mass is 32.2. The molecular weight excluding hydrogens is 578 g/mol. The van der Waals surface area contributed by atoms with Gasteiger partial charge in [-0.15, -0.1) is 0 Å². The van der Waals surface area contributed by atoms with Gasteiger partial charge in [0.1, 0.15) is 11.3 Å². The van der Waals surface area contributed by atoms with Crippen LogP contribution in [0, 0.1) is 0 Å². The molecule has 5 rings (SSSR count). The van der Waals surface area contributed by atoms with Crippen LogP contribution in [0.25, 0.3) is 32.9 Å². The fraction of sp³-hybridized carbons (Fsp3) is 0.161. The van der Waals surface area contributed by atoms with E-state index < -0.39 is 38.8 Å². The van der Waals surface area contributed by atoms with Crippen LogP contribution in [0.5, 0.6) is 23.0 Å². The van der Waals surface area contributed by atoms with E-state index in [4.69, 9.17) is 23.7 Å². The highest BCUT2D eigenvalue weighted by Crippen LogP contribution is 2.50. The number of para-hydroxylation sites is 1. The summed E-state index contributed by atoms with van der Waals surface area (Å²) >= 11 is 0. The van der Waals surface area contributed by atoms with E-state index in [1.165, 1.54) is 45.6 Å². The molecule has 0 spiro atoms. The molecule has 0 bridgehead atoms. The number of aromatic hydroxyl groups is 1. The lowest BCUT2D eigenvalue weighted by atomic mass is 9.90. The van der Waals surface area contributed by atoms with Crippen molar-refractivity contribution in [2.45, 2.75) is 4.90 Å². The molecule has 1 heterocycles. The SMILES string of the molecule is COC(=O)c1c(C(=O)OC)c(-c2cc(OC)c(OC)c(OC)c2)c2c(c1O)c1ccccc1n2S(=O)(=O)c1ccccc1. The number of hydrogen-bond donors (Lipinski definition) is 1. The second-order valence-corrected chi connectivity index (χ2v) is 11.0. The second-order valence-electron chi connectivity index (χ2n) is 9.19. The Morgan fingerprint density at radius 3 is 1.86 bits per heavy atom. The molecule has 4 aromatic carbocycles. The third kappa shape index (κ3) is 4.47. The molecule has 5 aromatic rings. The van der Waals surface area contributed by atoms with Crippen molar-refractivity contribution in [2.75, 3.05) is 35.5 Å². The summed E-state index contributed by atoms with van der Waals surface area (Å²) in [6.45, 7) is 0. The Morgan fingerprint density at radius 2 is 1.30 bits per heavy atom. The molecule has 0 radical (unpaired) electrons. The van der Waals surface area contributed by atoms with E-state index in [0.717, 1.165) is 18.2 Å². The normalized spacial score (nSPS) is 11.4. The van der Waals surface area contributed by atoms with Gasteiger partial charge in [0.15, 0.2) is 11.5 Å². The number of carbonyl (C=O) groups is 2. The van der Waals surface area contributed by atoms with Gasteiger partial charge in [0.25, 0.3) is 10.0 Å². The summed E-state index contributed by atoms with van der Waals surface area (Å²) in [4.78, 5) is 26.7. The Balaban J connectivity index is 2.16. The topological polar surface area (TPSA) is 140 Å². The van der Waals surface area contributed by atoms with Gasteiger partial charge in [0, 0.05) is 10.9 Å². The number of phenolic OH excluding ortho intramolecular Hbond substituents is 1. The minimum absolute atomic E-state index is 0.00749. The van der Waals surface area contributed by atoms with Gasteiger partial charge in [-0.3, -0.25) is 0 Å². The molecule has 11 nitrogen and oxygen atoms in total. The quantitative estimate of drug-likeness (QED) is 0.240. The summed E-state index contributed by atoms with van der Waals surface area (Å²) in [5.74, 6) is -2.14. The first-order valence-corrected chi connectivity index (χ1v) is 14.2. The predicted molar refractivity (Wildman–Crippen MR) is 158 cm³/mol. The molecule has 12 heteroatoms. The third-order valence-corrected chi connectivity index (χ3v) is 8.78. The lowest BCUT2D eigenvalue weighted by Crippen LogP contribution is -2.17. The van der Waals surface area contributed by atoms with Crippen LogP contribution in [0.1, 0.15) is 20.7 Å². The number of nitrogens with zero attached hydrogens (tertiary/aromatic N) is 1. The van der Waals surface area contributed by atoms with Gasteiger partial charge in [-0.1, -0.05) is 36.4 Å². The van der Waals surface area contributed by atoms with Crippen molar-refractivity contribution in [2.24, 2.45) is 0 Å². The number of hydrogen-bond acceptors (Lipinski definition) is 10. The predicted octanol–water partition coefficient (Wildman–Crippen LogP) is 5.00. The molecule has 1 N–H and O–H groups in total. The highest BCUT2D eigenvalue weighted by Gasteiger charge is 2.36. The first-order chi connectivity index (χ1) is 20.7. The Kier molecular flexibility index (Phi) is 7.63. The fourth-order valence-electron chi connectivity index (χ4n) is 5.23. The lowest BCUT2D eigenvalue weighted by Gasteiger charge is -2.20. The molecule has 0 saturated heterocycles. The Hall–Kier alpha value is -5.23. The van der Waals surface area contributed by atoms with E-state index >= 15 is 0 Å². The van der Waals surface area contributed by atoms with Crippen LogP contribution >= 0.6 is 0 Å². The third-order valence-electron chi connectivity index (χ3n) is 7.06. The summed E-state index contributed by atoms with van der Waals surface area (Å²) in [6.07, 6.45) is 0. The Labute approximate surface area is 246 Å². The molecule has 0 saturated carbocycles. The minimum atomic E-state index is -4.38. The summed E-state index contributed by atoms with van der Waals surface area (Å²) in [6, 6.07) is 17.1. The standard InChI is InChI=1S/C31H27NO10S/c1-38-21-15-17(16-22(39-2)29(21)40-3)23-25(30(34)41-4)26(31(35)42-5)28(33)24-19-13-9-10-14-20(19)32(27(23)24)43(36,37)18-11-7-6-8-12-18/h6-16,33H,1-5H3. The zero-order chi connectivity index (χ0) is 31.1. The van der Waals surface area contributed by atoms with Crippen LogP contribution in [-0.2, 0) is 19.5 Å². The summed E-state index contributed by atoms with van der Waals surface area (Å²) < 4.78 is 56.4. The minimum Gasteiger partial charge on any atom is -0.506 e. The van der Waals surface area contributed by atoms with Crippen LogP contribution in [-0.4, -0.2) is 65.0 Å². The number of aromatic nitrogens is 1. The zero-order valence-electron chi connectivity index (χ0n) is 23.8. The van der Waals surface area contributed by atoms with Gasteiger partial charge >= 0.3 is 11.9 Å². The van der Waals surface area contributed by atoms with Crippen LogP contribution in [0.2, 0.25) is 0 Å². The van der Waals surface area contributed by atoms with Gasteiger partial charge in [-0.2, -0.15) is 0 Å². The van der Waals surface area contributed by atoms with Crippen LogP contribution < -0.4 is 14.2 Å². The van der Waals surface area contributed by atoms with Gasteiger partial charge in [-0.25, -0.2) is 22.0 Å². The molecule has 0 aliphatic heterocycles. The average molecular weight is 606 g/mol. The molecule has 43 heavy (non-hydrogen) atoms. The average Bonchev–Trinajstić information content (AvgIpc) is 3.39. The number of esters is 2. The maximum absolute atomic E-state index is 14.4. The van der Waals surface area contributed by atoms with E-state index in [-0.39, 0.29) is 49.7 Å². The lowest BCUT2D eigenvalue weighted by molar-refractivity contribution is 0.0553. The number of carbonyl (C=O) groups excluding carboxylic acids is 2. The maximum atomic E-state index is 14.4. The van der Waals surface area contributed by atoms with E-state index in [0.29, 0.717) is 5.39 Å². The number of benzene rings is 4. The maximum Gasteiger partial charge on any atom is 0.342 e. The molecule has 0 aliphatic rings. The monoisotopic (exact) mass is 605 g/mol. The molecule has 0 amide bonds. The Bertz CT molecular complexity index is 1990. The molecule has 0 aliphatic carbocycles. The summed E-state index contributed by atoms with van der Waals surface area (Å²) in [7, 11) is 2.02. The van der Waals surface area contributed by atoms with Crippen molar-refractivity contribution in [3.8, 4) is 34.1 Å². The largest absolute Gasteiger partial charge is 0.506 e. The van der Waals surface area contributed by atoms with Crippen molar-refractivity contribution in [1.29, 1.82) is 0 Å². The van der Waals surface area contributed by atoms with Gasteiger partial charge in [0.2, 0.25) is 5.75 Å². The molecule has 0 fully saturated rings. The highest BCUT2D eigenvalue weighted by molar-refractivity contribution is 7.90. The van der Waals surface area contributed by atoms with E-state index in [1.807, 2.05) is 0 Å². The van der Waals surface area contributed by atoms with Gasteiger partial charge < -0.3 is 28.8 Å². The van der Waals surface area contributed by atoms with Crippen LogP contribution in [0.15, 0.2) is 71.6 Å². The molecule has 1 aromatic heterocycles. The number of fused-ring (bicyclic) bond motifs is 3.